The summed E-state index contributed by atoms with van der Waals surface area (Å²) in [5.41, 5.74) is 2.56. The first-order valence-corrected chi connectivity index (χ1v) is 6.45. The van der Waals surface area contributed by atoms with Gasteiger partial charge in [-0.2, -0.15) is 0 Å². The standard InChI is InChI=1S/C14H22N2O/c1-3-12-4-6-13(7-5-12)16-10-14(17)9-15-8-11(16)2/h4-7,11,14-15,17H,3,8-10H2,1-2H3. The van der Waals surface area contributed by atoms with Gasteiger partial charge in [0.25, 0.3) is 0 Å². The summed E-state index contributed by atoms with van der Waals surface area (Å²) in [6.07, 6.45) is 0.783. The minimum atomic E-state index is -0.286. The van der Waals surface area contributed by atoms with Crippen LogP contribution in [0.5, 0.6) is 0 Å². The molecule has 94 valence electrons. The van der Waals surface area contributed by atoms with E-state index in [9.17, 15) is 5.11 Å². The van der Waals surface area contributed by atoms with Gasteiger partial charge in [-0.3, -0.25) is 0 Å². The van der Waals surface area contributed by atoms with Gasteiger partial charge in [0.05, 0.1) is 6.10 Å². The number of aliphatic hydroxyl groups is 1. The van der Waals surface area contributed by atoms with E-state index in [0.29, 0.717) is 19.1 Å². The zero-order valence-electron chi connectivity index (χ0n) is 10.7. The highest BCUT2D eigenvalue weighted by atomic mass is 16.3. The first-order chi connectivity index (χ1) is 8.20. The third kappa shape index (κ3) is 2.99. The van der Waals surface area contributed by atoms with E-state index in [-0.39, 0.29) is 6.10 Å². The van der Waals surface area contributed by atoms with Gasteiger partial charge in [-0.15, -0.1) is 0 Å². The Labute approximate surface area is 103 Å². The van der Waals surface area contributed by atoms with E-state index in [1.54, 1.807) is 0 Å². The molecule has 0 saturated carbocycles. The number of hydrogen-bond donors (Lipinski definition) is 2. The summed E-state index contributed by atoms with van der Waals surface area (Å²) in [5, 5.41) is 13.1. The van der Waals surface area contributed by atoms with Crippen molar-refractivity contribution in [3.63, 3.8) is 0 Å². The average molecular weight is 234 g/mol. The molecular formula is C14H22N2O. The summed E-state index contributed by atoms with van der Waals surface area (Å²) in [7, 11) is 0. The van der Waals surface area contributed by atoms with Crippen molar-refractivity contribution in [2.24, 2.45) is 0 Å². The van der Waals surface area contributed by atoms with Crippen molar-refractivity contribution in [3.05, 3.63) is 29.8 Å². The molecule has 1 aromatic carbocycles. The van der Waals surface area contributed by atoms with Crippen LogP contribution in [0.25, 0.3) is 0 Å². The summed E-state index contributed by atoms with van der Waals surface area (Å²) in [6, 6.07) is 9.08. The third-order valence-electron chi connectivity index (χ3n) is 3.44. The molecular weight excluding hydrogens is 212 g/mol. The molecule has 2 rings (SSSR count). The highest BCUT2D eigenvalue weighted by Gasteiger charge is 2.21. The molecule has 1 saturated heterocycles. The highest BCUT2D eigenvalue weighted by Crippen LogP contribution is 2.19. The monoisotopic (exact) mass is 234 g/mol. The van der Waals surface area contributed by atoms with E-state index < -0.39 is 0 Å². The van der Waals surface area contributed by atoms with Crippen LogP contribution in [0, 0.1) is 0 Å². The van der Waals surface area contributed by atoms with Crippen LogP contribution in [0.1, 0.15) is 19.4 Å². The molecule has 0 spiro atoms. The van der Waals surface area contributed by atoms with Gasteiger partial charge in [0, 0.05) is 31.4 Å². The van der Waals surface area contributed by atoms with Crippen LogP contribution in [0.3, 0.4) is 0 Å². The molecule has 0 radical (unpaired) electrons. The number of hydrogen-bond acceptors (Lipinski definition) is 3. The number of nitrogens with zero attached hydrogens (tertiary/aromatic N) is 1. The van der Waals surface area contributed by atoms with Gasteiger partial charge >= 0.3 is 0 Å². The van der Waals surface area contributed by atoms with Crippen molar-refractivity contribution in [3.8, 4) is 0 Å². The molecule has 1 aliphatic heterocycles. The van der Waals surface area contributed by atoms with Crippen molar-refractivity contribution < 1.29 is 5.11 Å². The maximum absolute atomic E-state index is 9.84. The van der Waals surface area contributed by atoms with E-state index in [1.807, 2.05) is 0 Å². The van der Waals surface area contributed by atoms with Crippen LogP contribution in [0.15, 0.2) is 24.3 Å². The van der Waals surface area contributed by atoms with Crippen LogP contribution in [-0.2, 0) is 6.42 Å². The van der Waals surface area contributed by atoms with Gasteiger partial charge in [0.2, 0.25) is 0 Å². The second-order valence-corrected chi connectivity index (χ2v) is 4.83. The first kappa shape index (κ1) is 12.4. The van der Waals surface area contributed by atoms with Crippen molar-refractivity contribution >= 4 is 5.69 Å². The molecule has 0 aromatic heterocycles. The Morgan fingerprint density at radius 3 is 2.65 bits per heavy atom. The molecule has 2 N–H and O–H groups in total. The number of rotatable bonds is 2. The predicted molar refractivity (Wildman–Crippen MR) is 71.5 cm³/mol. The lowest BCUT2D eigenvalue weighted by Gasteiger charge is -2.30. The van der Waals surface area contributed by atoms with Gasteiger partial charge < -0.3 is 15.3 Å². The van der Waals surface area contributed by atoms with Crippen LogP contribution >= 0.6 is 0 Å². The lowest BCUT2D eigenvalue weighted by Crippen LogP contribution is -2.39. The van der Waals surface area contributed by atoms with Crippen molar-refractivity contribution in [1.82, 2.24) is 5.32 Å². The van der Waals surface area contributed by atoms with E-state index >= 15 is 0 Å². The molecule has 0 amide bonds. The van der Waals surface area contributed by atoms with Crippen molar-refractivity contribution in [2.45, 2.75) is 32.4 Å². The fourth-order valence-electron chi connectivity index (χ4n) is 2.32. The Kier molecular flexibility index (Phi) is 4.02. The number of β-amino-alcohol motifs (C(OH)–C–C–N with tert-alkyl or cyclic N) is 1. The zero-order valence-corrected chi connectivity index (χ0v) is 10.7. The van der Waals surface area contributed by atoms with Gasteiger partial charge in [0.15, 0.2) is 0 Å². The topological polar surface area (TPSA) is 35.5 Å². The summed E-state index contributed by atoms with van der Waals surface area (Å²) in [6.45, 7) is 6.68. The van der Waals surface area contributed by atoms with E-state index in [2.05, 4.69) is 48.3 Å². The third-order valence-corrected chi connectivity index (χ3v) is 3.44. The SMILES string of the molecule is CCc1ccc(N2CC(O)CNCC2C)cc1. The van der Waals surface area contributed by atoms with Crippen LogP contribution in [0.4, 0.5) is 5.69 Å². The molecule has 0 aliphatic carbocycles. The molecule has 1 heterocycles. The fourth-order valence-corrected chi connectivity index (χ4v) is 2.32. The van der Waals surface area contributed by atoms with Gasteiger partial charge in [-0.05, 0) is 31.0 Å². The molecule has 17 heavy (non-hydrogen) atoms. The van der Waals surface area contributed by atoms with E-state index in [1.165, 1.54) is 11.3 Å². The van der Waals surface area contributed by atoms with Gasteiger partial charge in [-0.25, -0.2) is 0 Å². The zero-order chi connectivity index (χ0) is 12.3. The van der Waals surface area contributed by atoms with Crippen molar-refractivity contribution in [2.75, 3.05) is 24.5 Å². The Morgan fingerprint density at radius 1 is 1.29 bits per heavy atom. The summed E-state index contributed by atoms with van der Waals surface area (Å²) in [5.74, 6) is 0. The average Bonchev–Trinajstić information content (AvgIpc) is 2.51. The highest BCUT2D eigenvalue weighted by molar-refractivity contribution is 5.49. The number of benzene rings is 1. The maximum atomic E-state index is 9.84. The molecule has 1 fully saturated rings. The number of aryl methyl sites for hydroxylation is 1. The van der Waals surface area contributed by atoms with Gasteiger partial charge in [0.1, 0.15) is 0 Å². The second kappa shape index (κ2) is 5.52. The van der Waals surface area contributed by atoms with Crippen LogP contribution in [0.2, 0.25) is 0 Å². The molecule has 3 heteroatoms. The molecule has 2 unspecified atom stereocenters. The Bertz CT molecular complexity index is 350. The van der Waals surface area contributed by atoms with E-state index in [4.69, 9.17) is 0 Å². The molecule has 1 aliphatic rings. The Morgan fingerprint density at radius 2 is 2.00 bits per heavy atom. The lowest BCUT2D eigenvalue weighted by atomic mass is 10.1. The number of nitrogens with one attached hydrogen (secondary N) is 1. The Balaban J connectivity index is 2.17. The Hall–Kier alpha value is -1.06. The van der Waals surface area contributed by atoms with Crippen molar-refractivity contribution in [1.29, 1.82) is 0 Å². The maximum Gasteiger partial charge on any atom is 0.0839 e. The number of anilines is 1. The number of aliphatic hydroxyl groups excluding tert-OH is 1. The summed E-state index contributed by atoms with van der Waals surface area (Å²) >= 11 is 0. The largest absolute Gasteiger partial charge is 0.390 e. The normalized spacial score (nSPS) is 25.7. The first-order valence-electron chi connectivity index (χ1n) is 6.45. The molecule has 0 bridgehead atoms. The minimum absolute atomic E-state index is 0.286. The quantitative estimate of drug-likeness (QED) is 0.812. The minimum Gasteiger partial charge on any atom is -0.390 e. The molecule has 2 atom stereocenters. The summed E-state index contributed by atoms with van der Waals surface area (Å²) < 4.78 is 0. The predicted octanol–water partition coefficient (Wildman–Crippen LogP) is 1.41. The molecule has 1 aromatic rings. The van der Waals surface area contributed by atoms with Crippen LogP contribution < -0.4 is 10.2 Å². The summed E-state index contributed by atoms with van der Waals surface area (Å²) in [4.78, 5) is 2.28. The van der Waals surface area contributed by atoms with Gasteiger partial charge in [-0.1, -0.05) is 19.1 Å². The van der Waals surface area contributed by atoms with E-state index in [0.717, 1.165) is 13.0 Å². The van der Waals surface area contributed by atoms with Crippen LogP contribution in [-0.4, -0.2) is 36.9 Å². The molecule has 3 nitrogen and oxygen atoms in total. The lowest BCUT2D eigenvalue weighted by molar-refractivity contribution is 0.184. The smallest absolute Gasteiger partial charge is 0.0839 e. The second-order valence-electron chi connectivity index (χ2n) is 4.83. The fraction of sp³-hybridized carbons (Fsp3) is 0.571.